The first-order valence-electron chi connectivity index (χ1n) is 10.4. The van der Waals surface area contributed by atoms with Crippen molar-refractivity contribution in [2.75, 3.05) is 18.6 Å². The molecule has 0 aliphatic carbocycles. The maximum absolute atomic E-state index is 12.2. The van der Waals surface area contributed by atoms with E-state index in [0.717, 1.165) is 35.2 Å². The Morgan fingerprint density at radius 1 is 1.03 bits per heavy atom. The van der Waals surface area contributed by atoms with E-state index in [-0.39, 0.29) is 5.97 Å². The SMILES string of the molecule is CCCN(Cc1ccc(-c2ccccc2-c2nnn[nH]2)cc1)c1ncccc1C(=O)OC. The highest BCUT2D eigenvalue weighted by Gasteiger charge is 2.18. The summed E-state index contributed by atoms with van der Waals surface area (Å²) in [6, 6.07) is 19.8. The fraction of sp³-hybridized carbons (Fsp3) is 0.208. The molecular formula is C24H24N6O2. The van der Waals surface area contributed by atoms with E-state index in [1.165, 1.54) is 7.11 Å². The zero-order valence-electron chi connectivity index (χ0n) is 18.0. The lowest BCUT2D eigenvalue weighted by molar-refractivity contribution is 0.0601. The molecule has 0 aliphatic rings. The van der Waals surface area contributed by atoms with Crippen LogP contribution in [0, 0.1) is 0 Å². The van der Waals surface area contributed by atoms with Gasteiger partial charge in [0.2, 0.25) is 0 Å². The number of carbonyl (C=O) groups is 1. The molecule has 0 atom stereocenters. The molecule has 4 rings (SSSR count). The Morgan fingerprint density at radius 3 is 2.50 bits per heavy atom. The number of carbonyl (C=O) groups excluding carboxylic acids is 1. The van der Waals surface area contributed by atoms with E-state index in [4.69, 9.17) is 4.74 Å². The van der Waals surface area contributed by atoms with Crippen LogP contribution in [0.4, 0.5) is 5.82 Å². The maximum atomic E-state index is 12.2. The summed E-state index contributed by atoms with van der Waals surface area (Å²) in [6.07, 6.45) is 2.62. The number of nitrogens with one attached hydrogen (secondary N) is 1. The van der Waals surface area contributed by atoms with E-state index in [2.05, 4.69) is 61.7 Å². The summed E-state index contributed by atoms with van der Waals surface area (Å²) in [5.74, 6) is 0.876. The van der Waals surface area contributed by atoms with Gasteiger partial charge in [0.05, 0.1) is 7.11 Å². The van der Waals surface area contributed by atoms with Gasteiger partial charge in [-0.1, -0.05) is 55.5 Å². The second-order valence-corrected chi connectivity index (χ2v) is 7.28. The van der Waals surface area contributed by atoms with Crippen LogP contribution in [0.5, 0.6) is 0 Å². The standard InChI is InChI=1S/C24H24N6O2/c1-3-15-30(23-21(24(31)32-2)9-6-14-25-23)16-17-10-12-18(13-11-17)19-7-4-5-8-20(19)22-26-28-29-27-22/h4-14H,3,15-16H2,1-2H3,(H,26,27,28,29). The number of hydrogen-bond donors (Lipinski definition) is 1. The van der Waals surface area contributed by atoms with Crippen molar-refractivity contribution in [3.63, 3.8) is 0 Å². The number of pyridine rings is 1. The number of nitrogens with zero attached hydrogens (tertiary/aromatic N) is 5. The smallest absolute Gasteiger partial charge is 0.341 e. The van der Waals surface area contributed by atoms with Crippen LogP contribution in [0.2, 0.25) is 0 Å². The number of ether oxygens (including phenoxy) is 1. The number of anilines is 1. The molecule has 4 aromatic rings. The molecule has 2 heterocycles. The highest BCUT2D eigenvalue weighted by Crippen LogP contribution is 2.30. The molecule has 32 heavy (non-hydrogen) atoms. The number of methoxy groups -OCH3 is 1. The molecule has 0 aliphatic heterocycles. The first-order valence-corrected chi connectivity index (χ1v) is 10.4. The van der Waals surface area contributed by atoms with Crippen molar-refractivity contribution in [3.8, 4) is 22.5 Å². The van der Waals surface area contributed by atoms with Gasteiger partial charge in [0, 0.05) is 24.8 Å². The molecule has 0 unspecified atom stereocenters. The van der Waals surface area contributed by atoms with E-state index in [1.807, 2.05) is 24.3 Å². The van der Waals surface area contributed by atoms with Crippen molar-refractivity contribution < 1.29 is 9.53 Å². The third-order valence-electron chi connectivity index (χ3n) is 5.15. The first kappa shape index (κ1) is 21.2. The van der Waals surface area contributed by atoms with E-state index in [9.17, 15) is 4.79 Å². The predicted molar refractivity (Wildman–Crippen MR) is 122 cm³/mol. The largest absolute Gasteiger partial charge is 0.465 e. The quantitative estimate of drug-likeness (QED) is 0.421. The maximum Gasteiger partial charge on any atom is 0.341 e. The van der Waals surface area contributed by atoms with Crippen molar-refractivity contribution in [3.05, 3.63) is 78.0 Å². The number of hydrogen-bond acceptors (Lipinski definition) is 7. The predicted octanol–water partition coefficient (Wildman–Crippen LogP) is 4.13. The Kier molecular flexibility index (Phi) is 6.50. The Labute approximate surface area is 186 Å². The van der Waals surface area contributed by atoms with Gasteiger partial charge in [0.15, 0.2) is 5.82 Å². The number of benzene rings is 2. The van der Waals surface area contributed by atoms with Gasteiger partial charge >= 0.3 is 5.97 Å². The van der Waals surface area contributed by atoms with Crippen molar-refractivity contribution in [2.45, 2.75) is 19.9 Å². The second kappa shape index (κ2) is 9.82. The Morgan fingerprint density at radius 2 is 1.81 bits per heavy atom. The van der Waals surface area contributed by atoms with Crippen LogP contribution >= 0.6 is 0 Å². The molecule has 0 saturated heterocycles. The number of H-pyrrole nitrogens is 1. The highest BCUT2D eigenvalue weighted by molar-refractivity contribution is 5.94. The van der Waals surface area contributed by atoms with E-state index >= 15 is 0 Å². The Bertz CT molecular complexity index is 1180. The third-order valence-corrected chi connectivity index (χ3v) is 5.15. The molecule has 2 aromatic heterocycles. The molecule has 8 heteroatoms. The van der Waals surface area contributed by atoms with Crippen molar-refractivity contribution in [1.82, 2.24) is 25.6 Å². The molecular weight excluding hydrogens is 404 g/mol. The summed E-state index contributed by atoms with van der Waals surface area (Å²) in [6.45, 7) is 3.50. The molecule has 0 bridgehead atoms. The zero-order valence-corrected chi connectivity index (χ0v) is 18.0. The average Bonchev–Trinajstić information content (AvgIpc) is 3.39. The van der Waals surface area contributed by atoms with Crippen LogP contribution in [0.15, 0.2) is 66.9 Å². The molecule has 0 radical (unpaired) electrons. The van der Waals surface area contributed by atoms with Gasteiger partial charge in [-0.15, -0.1) is 5.10 Å². The van der Waals surface area contributed by atoms with Gasteiger partial charge in [-0.25, -0.2) is 14.9 Å². The fourth-order valence-electron chi connectivity index (χ4n) is 3.67. The van der Waals surface area contributed by atoms with E-state index in [0.29, 0.717) is 23.8 Å². The Hall–Kier alpha value is -4.07. The third kappa shape index (κ3) is 4.49. The summed E-state index contributed by atoms with van der Waals surface area (Å²) in [5, 5.41) is 14.2. The summed E-state index contributed by atoms with van der Waals surface area (Å²) in [7, 11) is 1.38. The van der Waals surface area contributed by atoms with Crippen LogP contribution in [-0.4, -0.2) is 45.2 Å². The summed E-state index contributed by atoms with van der Waals surface area (Å²) < 4.78 is 4.94. The monoisotopic (exact) mass is 428 g/mol. The molecule has 0 amide bonds. The van der Waals surface area contributed by atoms with Crippen LogP contribution in [-0.2, 0) is 11.3 Å². The lowest BCUT2D eigenvalue weighted by Gasteiger charge is -2.25. The topological polar surface area (TPSA) is 96.9 Å². The Balaban J connectivity index is 1.61. The lowest BCUT2D eigenvalue weighted by atomic mass is 9.98. The molecule has 1 N–H and O–H groups in total. The number of rotatable bonds is 8. The molecule has 0 fully saturated rings. The summed E-state index contributed by atoms with van der Waals surface area (Å²) in [4.78, 5) is 18.8. The number of esters is 1. The van der Waals surface area contributed by atoms with Gasteiger partial charge in [-0.3, -0.25) is 0 Å². The average molecular weight is 428 g/mol. The van der Waals surface area contributed by atoms with Crippen LogP contribution < -0.4 is 4.90 Å². The van der Waals surface area contributed by atoms with Gasteiger partial charge in [-0.2, -0.15) is 0 Å². The minimum atomic E-state index is -0.386. The molecule has 2 aromatic carbocycles. The number of aromatic nitrogens is 5. The number of aromatic amines is 1. The van der Waals surface area contributed by atoms with Crippen molar-refractivity contribution in [2.24, 2.45) is 0 Å². The van der Waals surface area contributed by atoms with Gasteiger partial charge in [0.1, 0.15) is 11.4 Å². The van der Waals surface area contributed by atoms with Crippen LogP contribution in [0.1, 0.15) is 29.3 Å². The van der Waals surface area contributed by atoms with E-state index < -0.39 is 0 Å². The molecule has 0 saturated carbocycles. The highest BCUT2D eigenvalue weighted by atomic mass is 16.5. The molecule has 8 nitrogen and oxygen atoms in total. The number of tetrazole rings is 1. The van der Waals surface area contributed by atoms with Gasteiger partial charge < -0.3 is 9.64 Å². The van der Waals surface area contributed by atoms with Crippen LogP contribution in [0.3, 0.4) is 0 Å². The van der Waals surface area contributed by atoms with Gasteiger partial charge in [-0.05, 0) is 45.7 Å². The molecule has 162 valence electrons. The second-order valence-electron chi connectivity index (χ2n) is 7.28. The van der Waals surface area contributed by atoms with Crippen molar-refractivity contribution >= 4 is 11.8 Å². The van der Waals surface area contributed by atoms with E-state index in [1.54, 1.807) is 18.3 Å². The van der Waals surface area contributed by atoms with Crippen molar-refractivity contribution in [1.29, 1.82) is 0 Å². The normalized spacial score (nSPS) is 10.7. The lowest BCUT2D eigenvalue weighted by Crippen LogP contribution is -2.26. The van der Waals surface area contributed by atoms with Gasteiger partial charge in [0.25, 0.3) is 0 Å². The first-order chi connectivity index (χ1) is 15.7. The summed E-state index contributed by atoms with van der Waals surface area (Å²) in [5.41, 5.74) is 4.63. The summed E-state index contributed by atoms with van der Waals surface area (Å²) >= 11 is 0. The minimum absolute atomic E-state index is 0.386. The zero-order chi connectivity index (χ0) is 22.3. The fourth-order valence-corrected chi connectivity index (χ4v) is 3.67. The molecule has 0 spiro atoms. The van der Waals surface area contributed by atoms with Crippen LogP contribution in [0.25, 0.3) is 22.5 Å². The minimum Gasteiger partial charge on any atom is -0.465 e.